The van der Waals surface area contributed by atoms with E-state index < -0.39 is 5.91 Å². The predicted molar refractivity (Wildman–Crippen MR) is 64.1 cm³/mol. The topological polar surface area (TPSA) is 65.2 Å². The van der Waals surface area contributed by atoms with Gasteiger partial charge in [0.15, 0.2) is 6.61 Å². The molecule has 0 unspecified atom stereocenters. The molecule has 5 heteroatoms. The average Bonchev–Trinajstić information content (AvgIpc) is 2.28. The number of nitrogens with two attached hydrogens (primary N) is 1. The number of benzene rings is 1. The lowest BCUT2D eigenvalue weighted by atomic mass is 10.2. The van der Waals surface area contributed by atoms with E-state index >= 15 is 0 Å². The average molecular weight is 281 g/mol. The Hall–Kier alpha value is -1.62. The van der Waals surface area contributed by atoms with Gasteiger partial charge in [0.25, 0.3) is 5.91 Å². The molecule has 2 rings (SSSR count). The molecule has 82 valence electrons. The number of hydrogen-bond donors (Lipinski definition) is 1. The number of carbonyl (C=O) groups is 1. The quantitative estimate of drug-likeness (QED) is 0.933. The first-order valence-electron chi connectivity index (χ1n) is 4.63. The minimum atomic E-state index is -0.507. The molecule has 0 saturated heterocycles. The molecule has 0 radical (unpaired) electrons. The van der Waals surface area contributed by atoms with Crippen LogP contribution in [0.2, 0.25) is 0 Å². The Morgan fingerprint density at radius 2 is 2.25 bits per heavy atom. The van der Waals surface area contributed by atoms with E-state index in [0.29, 0.717) is 11.3 Å². The highest BCUT2D eigenvalue weighted by molar-refractivity contribution is 9.10. The lowest BCUT2D eigenvalue weighted by Gasteiger charge is -2.07. The molecule has 1 aromatic carbocycles. The molecule has 0 aliphatic carbocycles. The summed E-state index contributed by atoms with van der Waals surface area (Å²) in [5.41, 5.74) is 5.73. The van der Waals surface area contributed by atoms with E-state index in [0.717, 1.165) is 9.86 Å². The second kappa shape index (κ2) is 4.49. The summed E-state index contributed by atoms with van der Waals surface area (Å²) in [6.45, 7) is -0.146. The van der Waals surface area contributed by atoms with Crippen LogP contribution in [0.25, 0.3) is 10.9 Å². The largest absolute Gasteiger partial charge is 0.481 e. The maximum atomic E-state index is 10.6. The summed E-state index contributed by atoms with van der Waals surface area (Å²) >= 11 is 3.42. The van der Waals surface area contributed by atoms with Gasteiger partial charge in [-0.1, -0.05) is 22.0 Å². The van der Waals surface area contributed by atoms with Crippen molar-refractivity contribution in [1.29, 1.82) is 0 Å². The normalized spacial score (nSPS) is 10.3. The standard InChI is InChI=1S/C11H9BrN2O2/c12-8-3-4-9(16-6-10(13)15)11-7(8)2-1-5-14-11/h1-5H,6H2,(H2,13,15). The summed E-state index contributed by atoms with van der Waals surface area (Å²) < 4.78 is 6.21. The first-order valence-corrected chi connectivity index (χ1v) is 5.42. The van der Waals surface area contributed by atoms with Gasteiger partial charge in [-0.05, 0) is 18.2 Å². The van der Waals surface area contributed by atoms with E-state index in [4.69, 9.17) is 10.5 Å². The highest BCUT2D eigenvalue weighted by Gasteiger charge is 2.07. The van der Waals surface area contributed by atoms with Crippen molar-refractivity contribution in [3.63, 3.8) is 0 Å². The van der Waals surface area contributed by atoms with Crippen LogP contribution in [0.3, 0.4) is 0 Å². The Kier molecular flexibility index (Phi) is 3.05. The van der Waals surface area contributed by atoms with E-state index in [2.05, 4.69) is 20.9 Å². The Labute approximate surface area is 101 Å². The number of pyridine rings is 1. The molecule has 0 spiro atoms. The third-order valence-electron chi connectivity index (χ3n) is 2.05. The first-order chi connectivity index (χ1) is 7.68. The summed E-state index contributed by atoms with van der Waals surface area (Å²) in [6.07, 6.45) is 1.67. The van der Waals surface area contributed by atoms with Gasteiger partial charge < -0.3 is 10.5 Å². The smallest absolute Gasteiger partial charge is 0.255 e. The Balaban J connectivity index is 2.46. The van der Waals surface area contributed by atoms with E-state index in [1.807, 2.05) is 18.2 Å². The molecule has 1 amide bonds. The van der Waals surface area contributed by atoms with Crippen LogP contribution in [-0.2, 0) is 4.79 Å². The van der Waals surface area contributed by atoms with Crippen LogP contribution in [0.4, 0.5) is 0 Å². The SMILES string of the molecule is NC(=O)COc1ccc(Br)c2cccnc12. The number of halogens is 1. The van der Waals surface area contributed by atoms with Crippen molar-refractivity contribution in [2.24, 2.45) is 5.73 Å². The van der Waals surface area contributed by atoms with Gasteiger partial charge in [-0.15, -0.1) is 0 Å². The zero-order chi connectivity index (χ0) is 11.5. The van der Waals surface area contributed by atoms with Crippen LogP contribution in [-0.4, -0.2) is 17.5 Å². The van der Waals surface area contributed by atoms with Crippen molar-refractivity contribution in [2.75, 3.05) is 6.61 Å². The van der Waals surface area contributed by atoms with Gasteiger partial charge in [-0.25, -0.2) is 0 Å². The van der Waals surface area contributed by atoms with Gasteiger partial charge in [-0.2, -0.15) is 0 Å². The molecule has 1 aromatic heterocycles. The minimum absolute atomic E-state index is 0.146. The zero-order valence-electron chi connectivity index (χ0n) is 8.31. The fourth-order valence-electron chi connectivity index (χ4n) is 1.38. The molecule has 4 nitrogen and oxygen atoms in total. The van der Waals surface area contributed by atoms with Crippen LogP contribution in [0, 0.1) is 0 Å². The van der Waals surface area contributed by atoms with Crippen molar-refractivity contribution in [2.45, 2.75) is 0 Å². The molecule has 0 aliphatic heterocycles. The summed E-state index contributed by atoms with van der Waals surface area (Å²) in [6, 6.07) is 7.36. The van der Waals surface area contributed by atoms with Gasteiger partial charge >= 0.3 is 0 Å². The van der Waals surface area contributed by atoms with Crippen molar-refractivity contribution in [3.05, 3.63) is 34.9 Å². The third kappa shape index (κ3) is 2.14. The van der Waals surface area contributed by atoms with E-state index in [9.17, 15) is 4.79 Å². The molecule has 16 heavy (non-hydrogen) atoms. The molecule has 0 atom stereocenters. The monoisotopic (exact) mass is 280 g/mol. The second-order valence-corrected chi connectivity index (χ2v) is 4.05. The van der Waals surface area contributed by atoms with Crippen LogP contribution in [0.1, 0.15) is 0 Å². The van der Waals surface area contributed by atoms with E-state index in [-0.39, 0.29) is 6.61 Å². The molecule has 0 aliphatic rings. The zero-order valence-corrected chi connectivity index (χ0v) is 9.90. The fraction of sp³-hybridized carbons (Fsp3) is 0.0909. The van der Waals surface area contributed by atoms with Crippen molar-refractivity contribution < 1.29 is 9.53 Å². The Morgan fingerprint density at radius 3 is 3.00 bits per heavy atom. The molecule has 0 bridgehead atoms. The molecule has 1 heterocycles. The third-order valence-corrected chi connectivity index (χ3v) is 2.74. The van der Waals surface area contributed by atoms with Gasteiger partial charge in [0.2, 0.25) is 0 Å². The molecule has 0 fully saturated rings. The van der Waals surface area contributed by atoms with E-state index in [1.54, 1.807) is 12.3 Å². The number of ether oxygens (including phenoxy) is 1. The Bertz CT molecular complexity index is 542. The fourth-order valence-corrected chi connectivity index (χ4v) is 1.83. The minimum Gasteiger partial charge on any atom is -0.481 e. The highest BCUT2D eigenvalue weighted by atomic mass is 79.9. The van der Waals surface area contributed by atoms with Crippen LogP contribution >= 0.6 is 15.9 Å². The second-order valence-electron chi connectivity index (χ2n) is 3.20. The van der Waals surface area contributed by atoms with Crippen molar-refractivity contribution in [1.82, 2.24) is 4.98 Å². The number of rotatable bonds is 3. The molecule has 2 N–H and O–H groups in total. The lowest BCUT2D eigenvalue weighted by molar-refractivity contribution is -0.119. The van der Waals surface area contributed by atoms with Gasteiger partial charge in [-0.3, -0.25) is 9.78 Å². The number of aromatic nitrogens is 1. The number of primary amides is 1. The Morgan fingerprint density at radius 1 is 1.44 bits per heavy atom. The molecular formula is C11H9BrN2O2. The first kappa shape index (κ1) is 10.9. The predicted octanol–water partition coefficient (Wildman–Crippen LogP) is 1.86. The lowest BCUT2D eigenvalue weighted by Crippen LogP contribution is -2.20. The highest BCUT2D eigenvalue weighted by Crippen LogP contribution is 2.29. The van der Waals surface area contributed by atoms with Gasteiger partial charge in [0.05, 0.1) is 0 Å². The van der Waals surface area contributed by atoms with Crippen LogP contribution in [0.5, 0.6) is 5.75 Å². The maximum Gasteiger partial charge on any atom is 0.255 e. The summed E-state index contributed by atoms with van der Waals surface area (Å²) in [5, 5.41) is 0.935. The summed E-state index contributed by atoms with van der Waals surface area (Å²) in [5.74, 6) is 0.0459. The maximum absolute atomic E-state index is 10.6. The van der Waals surface area contributed by atoms with Crippen molar-refractivity contribution >= 4 is 32.7 Å². The van der Waals surface area contributed by atoms with Gasteiger partial charge in [0, 0.05) is 16.1 Å². The number of fused-ring (bicyclic) bond motifs is 1. The molecule has 0 saturated carbocycles. The molecular weight excluding hydrogens is 272 g/mol. The number of amides is 1. The molecule has 2 aromatic rings. The summed E-state index contributed by atoms with van der Waals surface area (Å²) in [7, 11) is 0. The van der Waals surface area contributed by atoms with E-state index in [1.165, 1.54) is 0 Å². The van der Waals surface area contributed by atoms with Crippen LogP contribution in [0.15, 0.2) is 34.9 Å². The number of carbonyl (C=O) groups excluding carboxylic acids is 1. The number of hydrogen-bond acceptors (Lipinski definition) is 3. The summed E-state index contributed by atoms with van der Waals surface area (Å²) in [4.78, 5) is 14.9. The van der Waals surface area contributed by atoms with Crippen LogP contribution < -0.4 is 10.5 Å². The van der Waals surface area contributed by atoms with Gasteiger partial charge in [0.1, 0.15) is 11.3 Å². The van der Waals surface area contributed by atoms with Crippen molar-refractivity contribution in [3.8, 4) is 5.75 Å². The number of nitrogens with zero attached hydrogens (tertiary/aromatic N) is 1.